The molecule has 2 N–H and O–H groups in total. The number of aliphatic hydroxyl groups is 1. The molecule has 0 bridgehead atoms. The van der Waals surface area contributed by atoms with Crippen LogP contribution in [0.25, 0.3) is 0 Å². The molecule has 6 heteroatoms. The molecule has 1 fully saturated rings. The second-order valence-electron chi connectivity index (χ2n) is 4.98. The van der Waals surface area contributed by atoms with E-state index in [1.165, 1.54) is 4.90 Å². The molecule has 0 spiro atoms. The van der Waals surface area contributed by atoms with Gasteiger partial charge in [-0.15, -0.1) is 0 Å². The van der Waals surface area contributed by atoms with Gasteiger partial charge in [-0.05, 0) is 12.8 Å². The Balaban J connectivity index is 2.47. The van der Waals surface area contributed by atoms with Crippen LogP contribution in [0.15, 0.2) is 0 Å². The van der Waals surface area contributed by atoms with Gasteiger partial charge in [0.05, 0.1) is 13.2 Å². The van der Waals surface area contributed by atoms with Crippen LogP contribution >= 0.6 is 0 Å². The third-order valence-electron chi connectivity index (χ3n) is 2.69. The molecule has 3 nitrogen and oxygen atoms in total. The van der Waals surface area contributed by atoms with Gasteiger partial charge < -0.3 is 10.4 Å². The molecular formula is C11H21F3N2O. The Morgan fingerprint density at radius 3 is 2.29 bits per heavy atom. The van der Waals surface area contributed by atoms with E-state index < -0.39 is 12.7 Å². The summed E-state index contributed by atoms with van der Waals surface area (Å²) in [5, 5.41) is 12.2. The summed E-state index contributed by atoms with van der Waals surface area (Å²) in [6.07, 6.45) is -2.51. The quantitative estimate of drug-likeness (QED) is 0.720. The number of aliphatic hydroxyl groups excluding tert-OH is 1. The minimum Gasteiger partial charge on any atom is -0.395 e. The van der Waals surface area contributed by atoms with Crippen molar-refractivity contribution in [1.82, 2.24) is 10.2 Å². The van der Waals surface area contributed by atoms with Crippen LogP contribution in [0.4, 0.5) is 13.2 Å². The number of alkyl halides is 3. The van der Waals surface area contributed by atoms with Crippen LogP contribution in [0.3, 0.4) is 0 Å². The molecule has 1 rings (SSSR count). The first-order chi connectivity index (χ1) is 7.81. The molecule has 1 atom stereocenters. The summed E-state index contributed by atoms with van der Waals surface area (Å²) in [6.45, 7) is 3.05. The van der Waals surface area contributed by atoms with E-state index >= 15 is 0 Å². The third-order valence-corrected chi connectivity index (χ3v) is 2.69. The summed E-state index contributed by atoms with van der Waals surface area (Å²) >= 11 is 0. The van der Waals surface area contributed by atoms with Crippen LogP contribution in [-0.2, 0) is 0 Å². The molecule has 1 saturated carbocycles. The van der Waals surface area contributed by atoms with E-state index in [4.69, 9.17) is 5.11 Å². The number of nitrogens with zero attached hydrogens (tertiary/aromatic N) is 1. The second kappa shape index (κ2) is 6.02. The molecule has 0 amide bonds. The highest BCUT2D eigenvalue weighted by Crippen LogP contribution is 2.30. The Morgan fingerprint density at radius 1 is 1.35 bits per heavy atom. The van der Waals surface area contributed by atoms with E-state index in [0.717, 1.165) is 12.8 Å². The Labute approximate surface area is 100.0 Å². The zero-order chi connectivity index (χ0) is 13.1. The Kier molecular flexibility index (Phi) is 5.22. The number of nitrogens with one attached hydrogen (secondary N) is 1. The summed E-state index contributed by atoms with van der Waals surface area (Å²) in [5.41, 5.74) is 0. The Bertz CT molecular complexity index is 229. The molecule has 0 aliphatic heterocycles. The van der Waals surface area contributed by atoms with Gasteiger partial charge in [0.25, 0.3) is 0 Å². The Morgan fingerprint density at radius 2 is 1.94 bits per heavy atom. The van der Waals surface area contributed by atoms with Gasteiger partial charge in [-0.2, -0.15) is 13.2 Å². The first kappa shape index (κ1) is 14.7. The Hall–Kier alpha value is -0.330. The maximum Gasteiger partial charge on any atom is 0.401 e. The number of halogens is 3. The van der Waals surface area contributed by atoms with Gasteiger partial charge in [-0.1, -0.05) is 13.8 Å². The van der Waals surface area contributed by atoms with E-state index in [9.17, 15) is 13.2 Å². The number of hydrogen-bond donors (Lipinski definition) is 2. The van der Waals surface area contributed by atoms with Crippen LogP contribution in [0.2, 0.25) is 0 Å². The molecule has 0 radical (unpaired) electrons. The van der Waals surface area contributed by atoms with Gasteiger partial charge in [-0.3, -0.25) is 4.90 Å². The highest BCUT2D eigenvalue weighted by Gasteiger charge is 2.38. The summed E-state index contributed by atoms with van der Waals surface area (Å²) in [7, 11) is 0. The highest BCUT2D eigenvalue weighted by atomic mass is 19.4. The first-order valence-corrected chi connectivity index (χ1v) is 5.99. The van der Waals surface area contributed by atoms with Crippen molar-refractivity contribution in [3.63, 3.8) is 0 Å². The van der Waals surface area contributed by atoms with Crippen molar-refractivity contribution in [3.05, 3.63) is 0 Å². The fourth-order valence-corrected chi connectivity index (χ4v) is 1.93. The average molecular weight is 254 g/mol. The summed E-state index contributed by atoms with van der Waals surface area (Å²) < 4.78 is 37.2. The van der Waals surface area contributed by atoms with Gasteiger partial charge in [0.1, 0.15) is 0 Å². The van der Waals surface area contributed by atoms with E-state index in [1.807, 2.05) is 13.8 Å². The normalized spacial score (nSPS) is 19.1. The predicted molar refractivity (Wildman–Crippen MR) is 59.8 cm³/mol. The van der Waals surface area contributed by atoms with Gasteiger partial charge in [-0.25, -0.2) is 0 Å². The lowest BCUT2D eigenvalue weighted by atomic mass is 10.2. The third kappa shape index (κ3) is 6.24. The molecule has 1 aliphatic carbocycles. The number of rotatable bonds is 7. The average Bonchev–Trinajstić information content (AvgIpc) is 2.95. The monoisotopic (exact) mass is 254 g/mol. The standard InChI is InChI=1S/C11H21F3N2O/c1-8(2)15-9(6-17)5-16(10-3-4-10)7-11(12,13)14/h8-10,15,17H,3-7H2,1-2H3. The lowest BCUT2D eigenvalue weighted by Gasteiger charge is -2.29. The number of hydrogen-bond acceptors (Lipinski definition) is 3. The van der Waals surface area contributed by atoms with E-state index in [0.29, 0.717) is 0 Å². The van der Waals surface area contributed by atoms with Crippen LogP contribution in [-0.4, -0.2) is 54.0 Å². The second-order valence-corrected chi connectivity index (χ2v) is 4.98. The predicted octanol–water partition coefficient (Wildman–Crippen LogP) is 1.37. The zero-order valence-electron chi connectivity index (χ0n) is 10.3. The topological polar surface area (TPSA) is 35.5 Å². The smallest absolute Gasteiger partial charge is 0.395 e. The SMILES string of the molecule is CC(C)NC(CO)CN(CC(F)(F)F)C1CC1. The van der Waals surface area contributed by atoms with E-state index in [1.54, 1.807) is 0 Å². The lowest BCUT2D eigenvalue weighted by Crippen LogP contribution is -2.48. The van der Waals surface area contributed by atoms with Crippen molar-refractivity contribution in [3.8, 4) is 0 Å². The molecule has 0 aromatic rings. The summed E-state index contributed by atoms with van der Waals surface area (Å²) in [6, 6.07) is -0.100. The maximum absolute atomic E-state index is 12.4. The zero-order valence-corrected chi connectivity index (χ0v) is 10.3. The van der Waals surface area contributed by atoms with Gasteiger partial charge >= 0.3 is 6.18 Å². The van der Waals surface area contributed by atoms with Gasteiger partial charge in [0, 0.05) is 24.7 Å². The molecule has 102 valence electrons. The molecule has 0 saturated heterocycles. The minimum absolute atomic E-state index is 0.0413. The van der Waals surface area contributed by atoms with E-state index in [2.05, 4.69) is 5.32 Å². The molecular weight excluding hydrogens is 233 g/mol. The van der Waals surface area contributed by atoms with Crippen LogP contribution in [0, 0.1) is 0 Å². The molecule has 0 aromatic heterocycles. The minimum atomic E-state index is -4.17. The fraction of sp³-hybridized carbons (Fsp3) is 1.00. The van der Waals surface area contributed by atoms with Crippen molar-refractivity contribution in [1.29, 1.82) is 0 Å². The molecule has 1 unspecified atom stereocenters. The van der Waals surface area contributed by atoms with Gasteiger partial charge in [0.15, 0.2) is 0 Å². The van der Waals surface area contributed by atoms with Crippen LogP contribution in [0.5, 0.6) is 0 Å². The molecule has 1 aliphatic rings. The van der Waals surface area contributed by atoms with Crippen molar-refractivity contribution in [2.24, 2.45) is 0 Å². The summed E-state index contributed by atoms with van der Waals surface area (Å²) in [5.74, 6) is 0. The van der Waals surface area contributed by atoms with Crippen molar-refractivity contribution >= 4 is 0 Å². The van der Waals surface area contributed by atoms with Crippen LogP contribution in [0.1, 0.15) is 26.7 Å². The highest BCUT2D eigenvalue weighted by molar-refractivity contribution is 4.88. The lowest BCUT2D eigenvalue weighted by molar-refractivity contribution is -0.148. The molecule has 0 aromatic carbocycles. The molecule has 17 heavy (non-hydrogen) atoms. The largest absolute Gasteiger partial charge is 0.401 e. The fourth-order valence-electron chi connectivity index (χ4n) is 1.93. The van der Waals surface area contributed by atoms with Crippen LogP contribution < -0.4 is 5.32 Å². The summed E-state index contributed by atoms with van der Waals surface area (Å²) in [4.78, 5) is 1.43. The maximum atomic E-state index is 12.4. The van der Waals surface area contributed by atoms with Crippen molar-refractivity contribution in [2.75, 3.05) is 19.7 Å². The van der Waals surface area contributed by atoms with Crippen molar-refractivity contribution in [2.45, 2.75) is 51.0 Å². The van der Waals surface area contributed by atoms with Crippen molar-refractivity contribution < 1.29 is 18.3 Å². The van der Waals surface area contributed by atoms with Gasteiger partial charge in [0.2, 0.25) is 0 Å². The molecule has 0 heterocycles. The van der Waals surface area contributed by atoms with E-state index in [-0.39, 0.29) is 31.3 Å². The first-order valence-electron chi connectivity index (χ1n) is 5.99.